The number of nitrogens with one attached hydrogen (secondary N) is 1. The van der Waals surface area contributed by atoms with Crippen LogP contribution in [0.5, 0.6) is 11.6 Å². The molecule has 0 fully saturated rings. The molecule has 0 aliphatic rings. The predicted octanol–water partition coefficient (Wildman–Crippen LogP) is 3.37. The van der Waals surface area contributed by atoms with Crippen LogP contribution in [0.3, 0.4) is 0 Å². The maximum atomic E-state index is 12.2. The van der Waals surface area contributed by atoms with Crippen LogP contribution >= 0.6 is 15.9 Å². The Labute approximate surface area is 181 Å². The van der Waals surface area contributed by atoms with Gasteiger partial charge in [0.1, 0.15) is 12.4 Å². The van der Waals surface area contributed by atoms with E-state index in [1.807, 2.05) is 42.5 Å². The summed E-state index contributed by atoms with van der Waals surface area (Å²) in [7, 11) is 1.62. The lowest BCUT2D eigenvalue weighted by Gasteiger charge is -2.08. The number of rotatable bonds is 7. The predicted molar refractivity (Wildman–Crippen MR) is 115 cm³/mol. The molecule has 0 saturated heterocycles. The molecule has 0 atom stereocenters. The number of methoxy groups -OCH3 is 1. The minimum atomic E-state index is -0.171. The first-order chi connectivity index (χ1) is 14.7. The normalized spacial score (nSPS) is 10.7. The van der Waals surface area contributed by atoms with Gasteiger partial charge < -0.3 is 14.8 Å². The molecule has 0 bridgehead atoms. The molecule has 2 aromatic carbocycles. The van der Waals surface area contributed by atoms with Crippen LogP contribution in [-0.4, -0.2) is 46.0 Å². The molecule has 2 aromatic heterocycles. The van der Waals surface area contributed by atoms with Crippen molar-refractivity contribution in [3.05, 3.63) is 70.7 Å². The van der Waals surface area contributed by atoms with Crippen molar-refractivity contribution in [2.75, 3.05) is 20.3 Å². The highest BCUT2D eigenvalue weighted by Gasteiger charge is 2.11. The highest BCUT2D eigenvalue weighted by atomic mass is 79.9. The van der Waals surface area contributed by atoms with E-state index in [-0.39, 0.29) is 12.5 Å². The van der Waals surface area contributed by atoms with Crippen LogP contribution in [0.25, 0.3) is 17.0 Å². The van der Waals surface area contributed by atoms with Gasteiger partial charge in [-0.3, -0.25) is 4.79 Å². The van der Waals surface area contributed by atoms with Gasteiger partial charge in [0.15, 0.2) is 11.5 Å². The van der Waals surface area contributed by atoms with E-state index in [2.05, 4.69) is 36.5 Å². The van der Waals surface area contributed by atoms with Gasteiger partial charge in [-0.25, -0.2) is 0 Å². The van der Waals surface area contributed by atoms with Gasteiger partial charge in [-0.2, -0.15) is 4.52 Å². The summed E-state index contributed by atoms with van der Waals surface area (Å²) >= 11 is 3.37. The van der Waals surface area contributed by atoms with Crippen molar-refractivity contribution < 1.29 is 14.3 Å². The molecule has 4 rings (SSSR count). The number of amides is 1. The van der Waals surface area contributed by atoms with Crippen LogP contribution in [0.4, 0.5) is 0 Å². The second-order valence-electron chi connectivity index (χ2n) is 6.28. The van der Waals surface area contributed by atoms with Crippen LogP contribution in [0.15, 0.2) is 65.1 Å². The first kappa shape index (κ1) is 19.8. The van der Waals surface area contributed by atoms with Gasteiger partial charge in [-0.15, -0.1) is 15.3 Å². The second kappa shape index (κ2) is 8.91. The van der Waals surface area contributed by atoms with Crippen LogP contribution in [0.1, 0.15) is 10.4 Å². The molecular formula is C21H18BrN5O3. The Kier molecular flexibility index (Phi) is 5.89. The molecule has 0 aliphatic heterocycles. The number of carbonyl (C=O) groups is 1. The Bertz CT molecular complexity index is 1180. The van der Waals surface area contributed by atoms with Crippen LogP contribution in [0, 0.1) is 0 Å². The van der Waals surface area contributed by atoms with Crippen molar-refractivity contribution in [3.63, 3.8) is 0 Å². The summed E-state index contributed by atoms with van der Waals surface area (Å²) in [6.07, 6.45) is 0. The molecule has 0 radical (unpaired) electrons. The minimum Gasteiger partial charge on any atom is -0.497 e. The van der Waals surface area contributed by atoms with Crippen molar-refractivity contribution in [3.8, 4) is 23.0 Å². The van der Waals surface area contributed by atoms with E-state index in [1.165, 1.54) is 0 Å². The number of ether oxygens (including phenoxy) is 2. The van der Waals surface area contributed by atoms with Gasteiger partial charge in [-0.05, 0) is 58.4 Å². The number of benzene rings is 2. The van der Waals surface area contributed by atoms with E-state index in [4.69, 9.17) is 9.47 Å². The summed E-state index contributed by atoms with van der Waals surface area (Å²) in [5, 5.41) is 15.6. The fourth-order valence-electron chi connectivity index (χ4n) is 2.83. The Morgan fingerprint density at radius 3 is 2.63 bits per heavy atom. The van der Waals surface area contributed by atoms with E-state index in [1.54, 1.807) is 29.8 Å². The van der Waals surface area contributed by atoms with Gasteiger partial charge in [0, 0.05) is 16.1 Å². The molecule has 0 spiro atoms. The Morgan fingerprint density at radius 1 is 1.07 bits per heavy atom. The lowest BCUT2D eigenvalue weighted by atomic mass is 10.2. The number of hydrogen-bond acceptors (Lipinski definition) is 6. The Hall–Kier alpha value is -3.46. The summed E-state index contributed by atoms with van der Waals surface area (Å²) in [6, 6.07) is 18.2. The number of aromatic nitrogens is 4. The molecule has 1 amide bonds. The zero-order chi connectivity index (χ0) is 20.9. The van der Waals surface area contributed by atoms with E-state index < -0.39 is 0 Å². The topological polar surface area (TPSA) is 90.6 Å². The first-order valence-electron chi connectivity index (χ1n) is 9.18. The first-order valence-corrected chi connectivity index (χ1v) is 9.97. The zero-order valence-corrected chi connectivity index (χ0v) is 17.7. The third-order valence-corrected chi connectivity index (χ3v) is 5.03. The third kappa shape index (κ3) is 4.25. The molecule has 0 saturated carbocycles. The molecule has 2 heterocycles. The summed E-state index contributed by atoms with van der Waals surface area (Å²) in [5.41, 5.74) is 2.04. The van der Waals surface area contributed by atoms with Crippen molar-refractivity contribution in [1.82, 2.24) is 25.1 Å². The molecule has 0 unspecified atom stereocenters. The average molecular weight is 468 g/mol. The van der Waals surface area contributed by atoms with Gasteiger partial charge in [-0.1, -0.05) is 12.1 Å². The smallest absolute Gasteiger partial charge is 0.252 e. The third-order valence-electron chi connectivity index (χ3n) is 4.34. The SMILES string of the molecule is COc1ccc(-c2nnc3ccc(OCCNC(=O)c4ccccc4Br)nn23)cc1. The maximum absolute atomic E-state index is 12.2. The standard InChI is InChI=1S/C21H18BrN5O3/c1-29-15-8-6-14(7-9-15)20-25-24-18-10-11-19(26-27(18)20)30-13-12-23-21(28)16-4-2-3-5-17(16)22/h2-11H,12-13H2,1H3,(H,23,28). The van der Waals surface area contributed by atoms with E-state index in [0.717, 1.165) is 15.8 Å². The molecule has 1 N–H and O–H groups in total. The van der Waals surface area contributed by atoms with E-state index >= 15 is 0 Å². The molecule has 30 heavy (non-hydrogen) atoms. The molecule has 9 heteroatoms. The highest BCUT2D eigenvalue weighted by molar-refractivity contribution is 9.10. The van der Waals surface area contributed by atoms with Crippen molar-refractivity contribution >= 4 is 27.5 Å². The summed E-state index contributed by atoms with van der Waals surface area (Å²) in [4.78, 5) is 12.2. The Morgan fingerprint density at radius 2 is 1.87 bits per heavy atom. The second-order valence-corrected chi connectivity index (χ2v) is 7.13. The fraction of sp³-hybridized carbons (Fsp3) is 0.143. The van der Waals surface area contributed by atoms with E-state index in [0.29, 0.717) is 29.5 Å². The van der Waals surface area contributed by atoms with Crippen molar-refractivity contribution in [2.24, 2.45) is 0 Å². The quantitative estimate of drug-likeness (QED) is 0.419. The lowest BCUT2D eigenvalue weighted by Crippen LogP contribution is -2.28. The van der Waals surface area contributed by atoms with Crippen molar-refractivity contribution in [2.45, 2.75) is 0 Å². The van der Waals surface area contributed by atoms with Gasteiger partial charge in [0.05, 0.1) is 19.2 Å². The van der Waals surface area contributed by atoms with Gasteiger partial charge >= 0.3 is 0 Å². The van der Waals surface area contributed by atoms with Gasteiger partial charge in [0.25, 0.3) is 5.91 Å². The number of fused-ring (bicyclic) bond motifs is 1. The van der Waals surface area contributed by atoms with Crippen LogP contribution in [0.2, 0.25) is 0 Å². The maximum Gasteiger partial charge on any atom is 0.252 e. The lowest BCUT2D eigenvalue weighted by molar-refractivity contribution is 0.0945. The molecule has 4 aromatic rings. The number of halogens is 1. The largest absolute Gasteiger partial charge is 0.497 e. The molecule has 8 nitrogen and oxygen atoms in total. The van der Waals surface area contributed by atoms with Crippen LogP contribution < -0.4 is 14.8 Å². The minimum absolute atomic E-state index is 0.171. The summed E-state index contributed by atoms with van der Waals surface area (Å²) < 4.78 is 13.2. The molecule has 0 aliphatic carbocycles. The molecule has 152 valence electrons. The summed E-state index contributed by atoms with van der Waals surface area (Å²) in [6.45, 7) is 0.613. The number of hydrogen-bond donors (Lipinski definition) is 1. The fourth-order valence-corrected chi connectivity index (χ4v) is 3.29. The molecular weight excluding hydrogens is 450 g/mol. The van der Waals surface area contributed by atoms with Crippen molar-refractivity contribution in [1.29, 1.82) is 0 Å². The highest BCUT2D eigenvalue weighted by Crippen LogP contribution is 2.22. The summed E-state index contributed by atoms with van der Waals surface area (Å²) in [5.74, 6) is 1.59. The van der Waals surface area contributed by atoms with Gasteiger partial charge in [0.2, 0.25) is 5.88 Å². The van der Waals surface area contributed by atoms with E-state index in [9.17, 15) is 4.79 Å². The number of carbonyl (C=O) groups excluding carboxylic acids is 1. The zero-order valence-electron chi connectivity index (χ0n) is 16.1. The Balaban J connectivity index is 1.41. The average Bonchev–Trinajstić information content (AvgIpc) is 3.20. The monoisotopic (exact) mass is 467 g/mol. The number of nitrogens with zero attached hydrogens (tertiary/aromatic N) is 4. The van der Waals surface area contributed by atoms with Crippen LogP contribution in [-0.2, 0) is 0 Å².